The van der Waals surface area contributed by atoms with E-state index in [1.165, 1.54) is 13.2 Å². The van der Waals surface area contributed by atoms with Gasteiger partial charge in [0.1, 0.15) is 5.75 Å². The maximum absolute atomic E-state index is 12.8. The Kier molecular flexibility index (Phi) is 5.03. The van der Waals surface area contributed by atoms with Crippen molar-refractivity contribution in [3.63, 3.8) is 0 Å². The van der Waals surface area contributed by atoms with Gasteiger partial charge >= 0.3 is 6.18 Å². The molecule has 3 aromatic rings. The summed E-state index contributed by atoms with van der Waals surface area (Å²) in [6.45, 7) is 0.231. The fraction of sp³-hybridized carbons (Fsp3) is 0.200. The molecule has 3 rings (SSSR count). The Hall–Kier alpha value is -3.09. The first-order chi connectivity index (χ1) is 12.8. The van der Waals surface area contributed by atoms with Crippen LogP contribution in [0.4, 0.5) is 18.9 Å². The average molecular weight is 375 g/mol. The normalized spacial score (nSPS) is 11.6. The van der Waals surface area contributed by atoms with Crippen LogP contribution in [0.5, 0.6) is 5.75 Å². The van der Waals surface area contributed by atoms with E-state index in [1.54, 1.807) is 30.3 Å². The van der Waals surface area contributed by atoms with E-state index in [1.807, 2.05) is 0 Å². The van der Waals surface area contributed by atoms with Gasteiger partial charge in [0.25, 0.3) is 0 Å². The number of alkyl halides is 3. The summed E-state index contributed by atoms with van der Waals surface area (Å²) in [5, 5.41) is 2.88. The Balaban J connectivity index is 1.72. The van der Waals surface area contributed by atoms with Gasteiger partial charge in [0.15, 0.2) is 0 Å². The largest absolute Gasteiger partial charge is 0.497 e. The van der Waals surface area contributed by atoms with Gasteiger partial charge in [-0.15, -0.1) is 0 Å². The van der Waals surface area contributed by atoms with Gasteiger partial charge in [-0.3, -0.25) is 9.59 Å². The lowest BCUT2D eigenvalue weighted by atomic mass is 9.98. The van der Waals surface area contributed by atoms with Crippen LogP contribution in [0, 0.1) is 0 Å². The third kappa shape index (κ3) is 3.86. The van der Waals surface area contributed by atoms with Gasteiger partial charge in [0.2, 0.25) is 10.9 Å². The second-order valence-corrected chi connectivity index (χ2v) is 6.01. The minimum Gasteiger partial charge on any atom is -0.497 e. The lowest BCUT2D eigenvalue weighted by molar-refractivity contribution is -0.137. The quantitative estimate of drug-likeness (QED) is 0.669. The van der Waals surface area contributed by atoms with Crippen molar-refractivity contribution in [2.75, 3.05) is 19.0 Å². The van der Waals surface area contributed by atoms with E-state index in [0.29, 0.717) is 16.9 Å². The summed E-state index contributed by atoms with van der Waals surface area (Å²) in [7, 11) is 1.52. The van der Waals surface area contributed by atoms with Gasteiger partial charge in [0.05, 0.1) is 23.9 Å². The molecule has 3 aromatic carbocycles. The monoisotopic (exact) mass is 375 g/mol. The summed E-state index contributed by atoms with van der Waals surface area (Å²) in [5.74, 6) is 0.622. The Morgan fingerprint density at radius 2 is 1.70 bits per heavy atom. The minimum absolute atomic E-state index is 0.192. The van der Waals surface area contributed by atoms with E-state index in [-0.39, 0.29) is 24.2 Å². The molecule has 0 bridgehead atoms. The molecule has 0 radical (unpaired) electrons. The number of rotatable bonds is 6. The highest BCUT2D eigenvalue weighted by Crippen LogP contribution is 2.30. The zero-order valence-electron chi connectivity index (χ0n) is 14.4. The van der Waals surface area contributed by atoms with Crippen LogP contribution in [0.1, 0.15) is 11.1 Å². The lowest BCUT2D eigenvalue weighted by Gasteiger charge is -2.14. The fourth-order valence-electron chi connectivity index (χ4n) is 2.83. The second-order valence-electron chi connectivity index (χ2n) is 6.01. The Bertz CT molecular complexity index is 1020. The number of halogens is 3. The van der Waals surface area contributed by atoms with Crippen molar-refractivity contribution in [3.8, 4) is 16.9 Å². The first kappa shape index (κ1) is 18.7. The summed E-state index contributed by atoms with van der Waals surface area (Å²) >= 11 is 0. The minimum atomic E-state index is -4.40. The molecule has 0 fully saturated rings. The van der Waals surface area contributed by atoms with Crippen molar-refractivity contribution < 1.29 is 17.9 Å². The maximum atomic E-state index is 12.8. The van der Waals surface area contributed by atoms with Crippen molar-refractivity contribution in [1.82, 2.24) is 0 Å². The van der Waals surface area contributed by atoms with Crippen LogP contribution in [0.15, 0.2) is 58.1 Å². The van der Waals surface area contributed by atoms with E-state index in [0.717, 1.165) is 12.1 Å². The predicted octanol–water partition coefficient (Wildman–Crippen LogP) is 3.63. The van der Waals surface area contributed by atoms with Crippen LogP contribution in [-0.2, 0) is 12.6 Å². The molecule has 0 amide bonds. The van der Waals surface area contributed by atoms with Gasteiger partial charge in [-0.2, -0.15) is 13.2 Å². The van der Waals surface area contributed by atoms with Crippen LogP contribution in [0.25, 0.3) is 11.1 Å². The van der Waals surface area contributed by atoms with Gasteiger partial charge in [0, 0.05) is 6.54 Å². The number of ether oxygens (including phenoxy) is 1. The van der Waals surface area contributed by atoms with Crippen LogP contribution in [0.3, 0.4) is 0 Å². The fourth-order valence-corrected chi connectivity index (χ4v) is 2.83. The summed E-state index contributed by atoms with van der Waals surface area (Å²) in [5.41, 5.74) is -0.368. The van der Waals surface area contributed by atoms with Crippen molar-refractivity contribution >= 4 is 5.69 Å². The highest BCUT2D eigenvalue weighted by atomic mass is 19.4. The molecule has 140 valence electrons. The number of hydrogen-bond donors (Lipinski definition) is 1. The third-order valence-corrected chi connectivity index (χ3v) is 4.26. The van der Waals surface area contributed by atoms with Crippen molar-refractivity contribution in [3.05, 3.63) is 80.1 Å². The molecule has 0 unspecified atom stereocenters. The summed E-state index contributed by atoms with van der Waals surface area (Å²) in [6, 6.07) is 11.7. The highest BCUT2D eigenvalue weighted by Gasteiger charge is 2.30. The Morgan fingerprint density at radius 3 is 2.33 bits per heavy atom. The number of benzene rings is 2. The molecule has 0 atom stereocenters. The van der Waals surface area contributed by atoms with Crippen LogP contribution in [0.2, 0.25) is 0 Å². The van der Waals surface area contributed by atoms with Gasteiger partial charge in [-0.1, -0.05) is 30.3 Å². The molecular formula is C20H16F3NO3. The van der Waals surface area contributed by atoms with Crippen molar-refractivity contribution in [2.24, 2.45) is 0 Å². The molecule has 0 heterocycles. The standard InChI is InChI=1S/C20H16F3NO3/c1-27-15-7-5-13(6-8-15)16-17(19(26)18(16)25)24-10-9-12-3-2-4-14(11-12)20(21,22)23/h2-8,11,24H,9-10H2,1H3. The van der Waals surface area contributed by atoms with Crippen LogP contribution >= 0.6 is 0 Å². The number of anilines is 1. The highest BCUT2D eigenvalue weighted by molar-refractivity contribution is 5.82. The molecule has 0 aromatic heterocycles. The summed E-state index contributed by atoms with van der Waals surface area (Å²) in [6.07, 6.45) is -4.12. The smallest absolute Gasteiger partial charge is 0.416 e. The molecule has 0 aliphatic rings. The average Bonchev–Trinajstić information content (AvgIpc) is 2.66. The lowest BCUT2D eigenvalue weighted by Crippen LogP contribution is -2.36. The first-order valence-corrected chi connectivity index (χ1v) is 8.19. The van der Waals surface area contributed by atoms with E-state index >= 15 is 0 Å². The number of methoxy groups -OCH3 is 1. The van der Waals surface area contributed by atoms with Gasteiger partial charge < -0.3 is 10.1 Å². The molecular weight excluding hydrogens is 359 g/mol. The van der Waals surface area contributed by atoms with E-state index in [4.69, 9.17) is 4.74 Å². The van der Waals surface area contributed by atoms with Crippen molar-refractivity contribution in [2.45, 2.75) is 12.6 Å². The van der Waals surface area contributed by atoms with Crippen LogP contribution in [-0.4, -0.2) is 13.7 Å². The molecule has 4 nitrogen and oxygen atoms in total. The molecule has 0 saturated heterocycles. The SMILES string of the molecule is COc1ccc(-c2c(NCCc3cccc(C(F)(F)F)c3)c(=O)c2=O)cc1. The van der Waals surface area contributed by atoms with Gasteiger partial charge in [-0.25, -0.2) is 0 Å². The van der Waals surface area contributed by atoms with Crippen molar-refractivity contribution in [1.29, 1.82) is 0 Å². The zero-order valence-corrected chi connectivity index (χ0v) is 14.4. The third-order valence-electron chi connectivity index (χ3n) is 4.26. The summed E-state index contributed by atoms with van der Waals surface area (Å²) < 4.78 is 43.3. The molecule has 0 saturated carbocycles. The molecule has 0 aliphatic heterocycles. The number of nitrogens with one attached hydrogen (secondary N) is 1. The Morgan fingerprint density at radius 1 is 1.00 bits per heavy atom. The van der Waals surface area contributed by atoms with E-state index in [9.17, 15) is 22.8 Å². The molecule has 1 N–H and O–H groups in total. The maximum Gasteiger partial charge on any atom is 0.416 e. The zero-order chi connectivity index (χ0) is 19.6. The van der Waals surface area contributed by atoms with E-state index < -0.39 is 22.6 Å². The Labute approximate surface area is 152 Å². The molecule has 0 spiro atoms. The molecule has 27 heavy (non-hydrogen) atoms. The number of hydrogen-bond acceptors (Lipinski definition) is 4. The molecule has 7 heteroatoms. The van der Waals surface area contributed by atoms with Gasteiger partial charge in [-0.05, 0) is 35.7 Å². The van der Waals surface area contributed by atoms with Crippen LogP contribution < -0.4 is 20.9 Å². The predicted molar refractivity (Wildman–Crippen MR) is 97.0 cm³/mol. The van der Waals surface area contributed by atoms with E-state index in [2.05, 4.69) is 5.32 Å². The topological polar surface area (TPSA) is 55.4 Å². The first-order valence-electron chi connectivity index (χ1n) is 8.19. The molecule has 0 aliphatic carbocycles. The second kappa shape index (κ2) is 7.26. The summed E-state index contributed by atoms with van der Waals surface area (Å²) in [4.78, 5) is 23.8.